The molecule has 0 aliphatic heterocycles. The number of benzene rings is 1. The first-order valence-electron chi connectivity index (χ1n) is 8.07. The summed E-state index contributed by atoms with van der Waals surface area (Å²) in [5.41, 5.74) is 2.50. The van der Waals surface area contributed by atoms with Crippen molar-refractivity contribution in [3.8, 4) is 0 Å². The fourth-order valence-corrected chi connectivity index (χ4v) is 3.38. The smallest absolute Gasteiger partial charge is 0.278 e. The molecule has 2 heterocycles. The molecule has 8 heteroatoms. The lowest BCUT2D eigenvalue weighted by Gasteiger charge is -2.07. The van der Waals surface area contributed by atoms with Gasteiger partial charge in [0.1, 0.15) is 0 Å². The fraction of sp³-hybridized carbons (Fsp3) is 0.294. The number of anilines is 1. The third kappa shape index (κ3) is 3.74. The zero-order chi connectivity index (χ0) is 17.8. The van der Waals surface area contributed by atoms with Crippen molar-refractivity contribution in [2.45, 2.75) is 32.0 Å². The minimum atomic E-state index is -0.278. The monoisotopic (exact) mass is 357 g/mol. The maximum absolute atomic E-state index is 12.2. The highest BCUT2D eigenvalue weighted by molar-refractivity contribution is 7.99. The first-order chi connectivity index (χ1) is 12.1. The van der Waals surface area contributed by atoms with Crippen LogP contribution < -0.4 is 10.9 Å². The molecule has 0 saturated heterocycles. The van der Waals surface area contributed by atoms with Crippen LogP contribution in [0.4, 0.5) is 5.69 Å². The summed E-state index contributed by atoms with van der Waals surface area (Å²) in [5.74, 6) is 0.0900. The van der Waals surface area contributed by atoms with Crippen molar-refractivity contribution in [1.82, 2.24) is 19.5 Å². The van der Waals surface area contributed by atoms with Gasteiger partial charge in [0, 0.05) is 12.2 Å². The standard InChI is InChI=1S/C17H19N5O2S/c1-3-11-6-5-7-12(8-11)20-13(23)9-25-17-21-14-15(22(17)4-2)18-10-19-16(14)24/h5-8,10H,3-4,9H2,1-2H3,(H,20,23)(H,18,19,24). The third-order valence-corrected chi connectivity index (χ3v) is 4.75. The lowest BCUT2D eigenvalue weighted by molar-refractivity contribution is -0.113. The first kappa shape index (κ1) is 17.2. The molecule has 0 bridgehead atoms. The Morgan fingerprint density at radius 3 is 2.96 bits per heavy atom. The average molecular weight is 357 g/mol. The SMILES string of the molecule is CCc1cccc(NC(=O)CSc2nc3c(=O)[nH]cnc3n2CC)c1. The van der Waals surface area contributed by atoms with Gasteiger partial charge in [0.25, 0.3) is 5.56 Å². The normalized spacial score (nSPS) is 11.0. The molecule has 3 rings (SSSR count). The van der Waals surface area contributed by atoms with Crippen molar-refractivity contribution in [3.63, 3.8) is 0 Å². The molecule has 3 aromatic rings. The number of nitrogens with zero attached hydrogens (tertiary/aromatic N) is 3. The molecular formula is C17H19N5O2S. The summed E-state index contributed by atoms with van der Waals surface area (Å²) in [4.78, 5) is 35.1. The van der Waals surface area contributed by atoms with Crippen molar-refractivity contribution in [2.24, 2.45) is 0 Å². The summed E-state index contributed by atoms with van der Waals surface area (Å²) in [6.07, 6.45) is 2.28. The van der Waals surface area contributed by atoms with Gasteiger partial charge in [0.05, 0.1) is 12.1 Å². The van der Waals surface area contributed by atoms with Gasteiger partial charge in [-0.05, 0) is 31.0 Å². The molecule has 0 aliphatic rings. The Hall–Kier alpha value is -2.61. The van der Waals surface area contributed by atoms with Crippen LogP contribution in [0.5, 0.6) is 0 Å². The van der Waals surface area contributed by atoms with E-state index < -0.39 is 0 Å². The predicted molar refractivity (Wildman–Crippen MR) is 99.0 cm³/mol. The Kier molecular flexibility index (Phi) is 5.18. The van der Waals surface area contributed by atoms with Crippen LogP contribution in [-0.2, 0) is 17.8 Å². The van der Waals surface area contributed by atoms with Gasteiger partial charge in [-0.25, -0.2) is 9.97 Å². The van der Waals surface area contributed by atoms with Gasteiger partial charge in [-0.15, -0.1) is 0 Å². The summed E-state index contributed by atoms with van der Waals surface area (Å²) >= 11 is 1.29. The van der Waals surface area contributed by atoms with E-state index in [4.69, 9.17) is 0 Å². The van der Waals surface area contributed by atoms with Crippen LogP contribution in [0.3, 0.4) is 0 Å². The highest BCUT2D eigenvalue weighted by Gasteiger charge is 2.15. The van der Waals surface area contributed by atoms with Gasteiger partial charge in [0.2, 0.25) is 5.91 Å². The molecule has 0 saturated carbocycles. The van der Waals surface area contributed by atoms with Gasteiger partial charge in [-0.1, -0.05) is 30.8 Å². The van der Waals surface area contributed by atoms with E-state index in [-0.39, 0.29) is 17.2 Å². The average Bonchev–Trinajstić information content (AvgIpc) is 2.99. The predicted octanol–water partition coefficient (Wildman–Crippen LogP) is 2.43. The summed E-state index contributed by atoms with van der Waals surface area (Å²) < 4.78 is 1.83. The molecule has 7 nitrogen and oxygen atoms in total. The molecule has 130 valence electrons. The van der Waals surface area contributed by atoms with Crippen molar-refractivity contribution in [2.75, 3.05) is 11.1 Å². The maximum atomic E-state index is 12.2. The first-order valence-corrected chi connectivity index (χ1v) is 9.06. The number of amides is 1. The van der Waals surface area contributed by atoms with Gasteiger partial charge >= 0.3 is 0 Å². The second-order valence-corrected chi connectivity index (χ2v) is 6.38. The maximum Gasteiger partial charge on any atom is 0.278 e. The summed E-state index contributed by atoms with van der Waals surface area (Å²) in [6.45, 7) is 4.64. The zero-order valence-electron chi connectivity index (χ0n) is 14.1. The quantitative estimate of drug-likeness (QED) is 0.661. The van der Waals surface area contributed by atoms with E-state index in [1.54, 1.807) is 0 Å². The molecule has 1 aromatic carbocycles. The van der Waals surface area contributed by atoms with Crippen molar-refractivity contribution in [3.05, 3.63) is 46.5 Å². The number of nitrogens with one attached hydrogen (secondary N) is 2. The Labute approximate surface area is 148 Å². The minimum absolute atomic E-state index is 0.116. The van der Waals surface area contributed by atoms with E-state index in [2.05, 4.69) is 27.2 Å². The van der Waals surface area contributed by atoms with Crippen LogP contribution in [0.2, 0.25) is 0 Å². The van der Waals surface area contributed by atoms with Crippen LogP contribution in [0.25, 0.3) is 11.2 Å². The summed E-state index contributed by atoms with van der Waals surface area (Å²) in [6, 6.07) is 7.79. The Morgan fingerprint density at radius 1 is 1.36 bits per heavy atom. The van der Waals surface area contributed by atoms with Gasteiger partial charge in [-0.3, -0.25) is 9.59 Å². The van der Waals surface area contributed by atoms with Crippen molar-refractivity contribution in [1.29, 1.82) is 0 Å². The van der Waals surface area contributed by atoms with Crippen LogP contribution >= 0.6 is 11.8 Å². The lowest BCUT2D eigenvalue weighted by Crippen LogP contribution is -2.14. The molecule has 25 heavy (non-hydrogen) atoms. The number of aromatic nitrogens is 4. The molecule has 2 N–H and O–H groups in total. The Balaban J connectivity index is 1.72. The van der Waals surface area contributed by atoms with E-state index >= 15 is 0 Å². The molecule has 0 spiro atoms. The molecule has 0 atom stereocenters. The van der Waals surface area contributed by atoms with Crippen LogP contribution in [0.15, 0.2) is 40.5 Å². The van der Waals surface area contributed by atoms with E-state index in [9.17, 15) is 9.59 Å². The number of hydrogen-bond donors (Lipinski definition) is 2. The molecule has 0 radical (unpaired) electrons. The molecule has 0 unspecified atom stereocenters. The number of aromatic amines is 1. The van der Waals surface area contributed by atoms with Crippen LogP contribution in [-0.4, -0.2) is 31.2 Å². The zero-order valence-corrected chi connectivity index (χ0v) is 14.9. The van der Waals surface area contributed by atoms with E-state index in [1.807, 2.05) is 35.8 Å². The molecule has 2 aromatic heterocycles. The van der Waals surface area contributed by atoms with Crippen molar-refractivity contribution < 1.29 is 4.79 Å². The molecule has 1 amide bonds. The van der Waals surface area contributed by atoms with Gasteiger partial charge in [-0.2, -0.15) is 0 Å². The number of imidazole rings is 1. The Morgan fingerprint density at radius 2 is 2.20 bits per heavy atom. The van der Waals surface area contributed by atoms with Gasteiger partial charge < -0.3 is 14.9 Å². The number of carbonyl (C=O) groups is 1. The number of fused-ring (bicyclic) bond motifs is 1. The van der Waals surface area contributed by atoms with Crippen LogP contribution in [0.1, 0.15) is 19.4 Å². The van der Waals surface area contributed by atoms with Crippen molar-refractivity contribution >= 4 is 34.5 Å². The number of carbonyl (C=O) groups excluding carboxylic acids is 1. The molecule has 0 fully saturated rings. The van der Waals surface area contributed by atoms with E-state index in [0.717, 1.165) is 12.1 Å². The lowest BCUT2D eigenvalue weighted by atomic mass is 10.1. The third-order valence-electron chi connectivity index (χ3n) is 3.77. The van der Waals surface area contributed by atoms with Crippen LogP contribution in [0, 0.1) is 0 Å². The molecule has 0 aliphatic carbocycles. The highest BCUT2D eigenvalue weighted by Crippen LogP contribution is 2.21. The van der Waals surface area contributed by atoms with Gasteiger partial charge in [0.15, 0.2) is 16.3 Å². The largest absolute Gasteiger partial charge is 0.325 e. The second kappa shape index (κ2) is 7.52. The van der Waals surface area contributed by atoms with E-state index in [0.29, 0.717) is 22.9 Å². The Bertz CT molecular complexity index is 963. The summed E-state index contributed by atoms with van der Waals surface area (Å²) in [5, 5.41) is 3.50. The summed E-state index contributed by atoms with van der Waals surface area (Å²) in [7, 11) is 0. The number of H-pyrrole nitrogens is 1. The van der Waals surface area contributed by atoms with E-state index in [1.165, 1.54) is 23.7 Å². The molecular weight excluding hydrogens is 338 g/mol. The fourth-order valence-electron chi connectivity index (χ4n) is 2.52. The number of rotatable bonds is 6. The minimum Gasteiger partial charge on any atom is -0.325 e. The highest BCUT2D eigenvalue weighted by atomic mass is 32.2. The number of thioether (sulfide) groups is 1. The number of hydrogen-bond acceptors (Lipinski definition) is 5. The second-order valence-electron chi connectivity index (χ2n) is 5.43. The topological polar surface area (TPSA) is 92.7 Å². The number of aryl methyl sites for hydroxylation is 2.